The van der Waals surface area contributed by atoms with Crippen molar-refractivity contribution >= 4 is 23.7 Å². The summed E-state index contributed by atoms with van der Waals surface area (Å²) < 4.78 is 0. The lowest BCUT2D eigenvalue weighted by molar-refractivity contribution is 0.244. The second-order valence-electron chi connectivity index (χ2n) is 3.64. The molecule has 0 fully saturated rings. The molecule has 0 saturated heterocycles. The maximum Gasteiger partial charge on any atom is 0.318 e. The minimum Gasteiger partial charge on any atom is -0.338 e. The molecule has 0 spiro atoms. The van der Waals surface area contributed by atoms with Crippen LogP contribution in [-0.2, 0) is 0 Å². The van der Waals surface area contributed by atoms with E-state index in [9.17, 15) is 4.79 Å². The van der Waals surface area contributed by atoms with Gasteiger partial charge in [0.1, 0.15) is 0 Å². The van der Waals surface area contributed by atoms with E-state index >= 15 is 0 Å². The average molecular weight is 253 g/mol. The van der Waals surface area contributed by atoms with Crippen LogP contribution in [0.25, 0.3) is 6.08 Å². The molecule has 0 saturated carbocycles. The lowest BCUT2D eigenvalue weighted by atomic mass is 10.2. The molecule has 0 aliphatic heterocycles. The van der Waals surface area contributed by atoms with Crippen LogP contribution in [0.3, 0.4) is 0 Å². The smallest absolute Gasteiger partial charge is 0.318 e. The van der Waals surface area contributed by atoms with Gasteiger partial charge in [-0.2, -0.15) is 0 Å². The molecule has 3 nitrogen and oxygen atoms in total. The van der Waals surface area contributed by atoms with Crippen molar-refractivity contribution in [2.24, 2.45) is 0 Å². The van der Waals surface area contributed by atoms with Crippen molar-refractivity contribution in [1.29, 1.82) is 0 Å². The highest BCUT2D eigenvalue weighted by Gasteiger charge is 1.94. The van der Waals surface area contributed by atoms with Crippen LogP contribution < -0.4 is 10.6 Å². The van der Waals surface area contributed by atoms with Gasteiger partial charge in [0.25, 0.3) is 0 Å². The topological polar surface area (TPSA) is 41.1 Å². The molecule has 4 heteroatoms. The Labute approximate surface area is 107 Å². The molecule has 92 valence electrons. The SMILES string of the molecule is CCCCNC(=O)N/C=C/c1ccc(Cl)cc1. The first kappa shape index (κ1) is 13.6. The molecule has 0 bridgehead atoms. The van der Waals surface area contributed by atoms with Crippen LogP contribution in [0.15, 0.2) is 30.5 Å². The van der Waals surface area contributed by atoms with Crippen molar-refractivity contribution in [2.75, 3.05) is 6.54 Å². The van der Waals surface area contributed by atoms with Gasteiger partial charge in [0.15, 0.2) is 0 Å². The Kier molecular flexibility index (Phi) is 6.18. The first-order valence-electron chi connectivity index (χ1n) is 5.69. The quantitative estimate of drug-likeness (QED) is 0.775. The summed E-state index contributed by atoms with van der Waals surface area (Å²) >= 11 is 5.76. The van der Waals surface area contributed by atoms with E-state index in [-0.39, 0.29) is 6.03 Å². The Morgan fingerprint density at radius 1 is 1.35 bits per heavy atom. The van der Waals surface area contributed by atoms with Crippen LogP contribution in [0.4, 0.5) is 4.79 Å². The fraction of sp³-hybridized carbons (Fsp3) is 0.308. The summed E-state index contributed by atoms with van der Waals surface area (Å²) in [6, 6.07) is 7.21. The Morgan fingerprint density at radius 2 is 2.06 bits per heavy atom. The van der Waals surface area contributed by atoms with Crippen molar-refractivity contribution in [2.45, 2.75) is 19.8 Å². The van der Waals surface area contributed by atoms with E-state index in [4.69, 9.17) is 11.6 Å². The highest BCUT2D eigenvalue weighted by molar-refractivity contribution is 6.30. The minimum absolute atomic E-state index is 0.177. The van der Waals surface area contributed by atoms with Crippen LogP contribution in [0.1, 0.15) is 25.3 Å². The van der Waals surface area contributed by atoms with E-state index in [1.54, 1.807) is 6.20 Å². The minimum atomic E-state index is -0.177. The number of halogens is 1. The molecule has 0 aliphatic rings. The summed E-state index contributed by atoms with van der Waals surface area (Å²) in [5.74, 6) is 0. The maximum atomic E-state index is 11.3. The molecule has 0 aliphatic carbocycles. The van der Waals surface area contributed by atoms with Gasteiger partial charge in [-0.25, -0.2) is 4.79 Å². The Bertz CT molecular complexity index is 374. The molecule has 2 N–H and O–H groups in total. The average Bonchev–Trinajstić information content (AvgIpc) is 2.32. The van der Waals surface area contributed by atoms with Crippen LogP contribution in [-0.4, -0.2) is 12.6 Å². The summed E-state index contributed by atoms with van der Waals surface area (Å²) in [6.45, 7) is 2.79. The zero-order valence-corrected chi connectivity index (χ0v) is 10.6. The molecule has 17 heavy (non-hydrogen) atoms. The van der Waals surface area contributed by atoms with E-state index < -0.39 is 0 Å². The van der Waals surface area contributed by atoms with Gasteiger partial charge in [-0.1, -0.05) is 37.1 Å². The number of hydrogen-bond acceptors (Lipinski definition) is 1. The zero-order valence-electron chi connectivity index (χ0n) is 9.87. The molecule has 2 amide bonds. The number of carbonyl (C=O) groups is 1. The number of amides is 2. The summed E-state index contributed by atoms with van der Waals surface area (Å²) in [5.41, 5.74) is 0.989. The normalized spacial score (nSPS) is 10.5. The summed E-state index contributed by atoms with van der Waals surface area (Å²) in [7, 11) is 0. The van der Waals surface area contributed by atoms with Gasteiger partial charge in [0.2, 0.25) is 0 Å². The van der Waals surface area contributed by atoms with Crippen molar-refractivity contribution in [1.82, 2.24) is 10.6 Å². The first-order chi connectivity index (χ1) is 8.22. The number of carbonyl (C=O) groups excluding carboxylic acids is 1. The number of benzene rings is 1. The van der Waals surface area contributed by atoms with E-state index in [1.165, 1.54) is 0 Å². The largest absolute Gasteiger partial charge is 0.338 e. The number of nitrogens with one attached hydrogen (secondary N) is 2. The fourth-order valence-corrected chi connectivity index (χ4v) is 1.34. The standard InChI is InChI=1S/C13H17ClN2O/c1-2-3-9-15-13(17)16-10-8-11-4-6-12(14)7-5-11/h4-8,10H,2-3,9H2,1H3,(H2,15,16,17)/b10-8+. The van der Waals surface area contributed by atoms with Crippen LogP contribution in [0.5, 0.6) is 0 Å². The monoisotopic (exact) mass is 252 g/mol. The zero-order chi connectivity index (χ0) is 12.5. The third kappa shape index (κ3) is 5.97. The lowest BCUT2D eigenvalue weighted by Gasteiger charge is -2.02. The predicted octanol–water partition coefficient (Wildman–Crippen LogP) is 3.41. The fourth-order valence-electron chi connectivity index (χ4n) is 1.22. The van der Waals surface area contributed by atoms with Crippen molar-refractivity contribution in [3.05, 3.63) is 41.1 Å². The molecule has 0 heterocycles. The van der Waals surface area contributed by atoms with Gasteiger partial charge in [0, 0.05) is 17.8 Å². The van der Waals surface area contributed by atoms with E-state index in [0.29, 0.717) is 11.6 Å². The number of unbranched alkanes of at least 4 members (excludes halogenated alkanes) is 1. The van der Waals surface area contributed by atoms with Crippen molar-refractivity contribution < 1.29 is 4.79 Å². The lowest BCUT2D eigenvalue weighted by Crippen LogP contribution is -2.32. The number of rotatable bonds is 5. The molecule has 1 rings (SSSR count). The summed E-state index contributed by atoms with van der Waals surface area (Å²) in [5, 5.41) is 6.10. The van der Waals surface area contributed by atoms with Gasteiger partial charge in [0.05, 0.1) is 0 Å². The van der Waals surface area contributed by atoms with E-state index in [1.807, 2.05) is 30.3 Å². The predicted molar refractivity (Wildman–Crippen MR) is 71.9 cm³/mol. The number of urea groups is 1. The van der Waals surface area contributed by atoms with Crippen LogP contribution in [0, 0.1) is 0 Å². The van der Waals surface area contributed by atoms with Crippen LogP contribution >= 0.6 is 11.6 Å². The Hall–Kier alpha value is -1.48. The molecular weight excluding hydrogens is 236 g/mol. The third-order valence-electron chi connectivity index (χ3n) is 2.18. The van der Waals surface area contributed by atoms with Crippen molar-refractivity contribution in [3.63, 3.8) is 0 Å². The Balaban J connectivity index is 2.29. The highest BCUT2D eigenvalue weighted by atomic mass is 35.5. The second kappa shape index (κ2) is 7.74. The van der Waals surface area contributed by atoms with Crippen molar-refractivity contribution in [3.8, 4) is 0 Å². The first-order valence-corrected chi connectivity index (χ1v) is 6.06. The van der Waals surface area contributed by atoms with Gasteiger partial charge in [-0.15, -0.1) is 0 Å². The van der Waals surface area contributed by atoms with Gasteiger partial charge >= 0.3 is 6.03 Å². The molecule has 0 unspecified atom stereocenters. The van der Waals surface area contributed by atoms with E-state index in [0.717, 1.165) is 18.4 Å². The third-order valence-corrected chi connectivity index (χ3v) is 2.43. The molecule has 1 aromatic rings. The van der Waals surface area contributed by atoms with Gasteiger partial charge in [-0.05, 0) is 30.2 Å². The number of hydrogen-bond donors (Lipinski definition) is 2. The van der Waals surface area contributed by atoms with Crippen LogP contribution in [0.2, 0.25) is 5.02 Å². The highest BCUT2D eigenvalue weighted by Crippen LogP contribution is 2.10. The molecule has 1 aromatic carbocycles. The molecule has 0 radical (unpaired) electrons. The second-order valence-corrected chi connectivity index (χ2v) is 4.08. The maximum absolute atomic E-state index is 11.3. The van der Waals surface area contributed by atoms with Gasteiger partial charge in [-0.3, -0.25) is 0 Å². The van der Waals surface area contributed by atoms with E-state index in [2.05, 4.69) is 17.6 Å². The Morgan fingerprint density at radius 3 is 2.71 bits per heavy atom. The molecular formula is C13H17ClN2O. The summed E-state index contributed by atoms with van der Waals surface area (Å²) in [4.78, 5) is 11.3. The molecule has 0 atom stereocenters. The summed E-state index contributed by atoms with van der Waals surface area (Å²) in [6.07, 6.45) is 5.50. The van der Waals surface area contributed by atoms with Gasteiger partial charge < -0.3 is 10.6 Å². The molecule has 0 aromatic heterocycles.